The summed E-state index contributed by atoms with van der Waals surface area (Å²) in [5, 5.41) is 10.1. The molecule has 4 N–H and O–H groups in total. The van der Waals surface area contributed by atoms with Gasteiger partial charge >= 0.3 is 39.9 Å². The Morgan fingerprint density at radius 2 is 1.58 bits per heavy atom. The molecule has 0 heterocycles. The first kappa shape index (κ1) is 20.7. The van der Waals surface area contributed by atoms with E-state index in [4.69, 9.17) is 9.66 Å². The molecule has 1 aromatic carbocycles. The van der Waals surface area contributed by atoms with E-state index in [9.17, 15) is 13.2 Å². The number of benzene rings is 1. The summed E-state index contributed by atoms with van der Waals surface area (Å²) < 4.78 is 31.2. The van der Waals surface area contributed by atoms with Crippen LogP contribution in [-0.2, 0) is 15.1 Å². The van der Waals surface area contributed by atoms with Crippen LogP contribution in [0.15, 0.2) is 24.3 Å². The molecule has 9 heteroatoms. The van der Waals surface area contributed by atoms with E-state index < -0.39 is 10.3 Å². The molecule has 1 aromatic rings. The number of aliphatic hydroxyl groups excluding tert-OH is 1. The molecule has 19 heavy (non-hydrogen) atoms. The van der Waals surface area contributed by atoms with Crippen molar-refractivity contribution < 1.29 is 52.4 Å². The molecule has 0 bridgehead atoms. The third-order valence-electron chi connectivity index (χ3n) is 1.45. The summed E-state index contributed by atoms with van der Waals surface area (Å²) in [6.45, 7) is 3.30. The minimum atomic E-state index is -4.25. The fourth-order valence-electron chi connectivity index (χ4n) is 0.974. The van der Waals surface area contributed by atoms with Gasteiger partial charge in [-0.05, 0) is 31.2 Å². The third-order valence-corrected chi connectivity index (χ3v) is 1.95. The van der Waals surface area contributed by atoms with Gasteiger partial charge in [0.25, 0.3) is 0 Å². The van der Waals surface area contributed by atoms with E-state index in [2.05, 4.69) is 5.32 Å². The van der Waals surface area contributed by atoms with Gasteiger partial charge in [0.2, 0.25) is 5.91 Å². The van der Waals surface area contributed by atoms with Crippen molar-refractivity contribution in [3.63, 3.8) is 0 Å². The summed E-state index contributed by atoms with van der Waals surface area (Å²) in [6.07, 6.45) is 0. The zero-order valence-corrected chi connectivity index (χ0v) is 13.9. The molecule has 0 unspecified atom stereocenters. The Morgan fingerprint density at radius 1 is 1.21 bits per heavy atom. The molecular formula is C10H16N2NaO5S+. The molecule has 0 saturated heterocycles. The van der Waals surface area contributed by atoms with Crippen LogP contribution in [0.4, 0.5) is 11.4 Å². The Bertz CT molecular complexity index is 475. The fraction of sp³-hybridized carbons (Fsp3) is 0.300. The minimum absolute atomic E-state index is 0. The molecule has 0 radical (unpaired) electrons. The number of rotatable bonds is 3. The number of hydrogen-bond acceptors (Lipinski definition) is 4. The van der Waals surface area contributed by atoms with E-state index >= 15 is 0 Å². The average Bonchev–Trinajstić information content (AvgIpc) is 2.19. The molecule has 0 aliphatic rings. The van der Waals surface area contributed by atoms with Crippen LogP contribution in [0, 0.1) is 0 Å². The molecular weight excluding hydrogens is 283 g/mol. The van der Waals surface area contributed by atoms with Crippen molar-refractivity contribution in [2.24, 2.45) is 0 Å². The molecule has 0 aliphatic heterocycles. The van der Waals surface area contributed by atoms with Gasteiger partial charge < -0.3 is 10.4 Å². The quantitative estimate of drug-likeness (QED) is 0.376. The summed E-state index contributed by atoms with van der Waals surface area (Å²) in [6, 6.07) is 5.85. The van der Waals surface area contributed by atoms with Crippen LogP contribution < -0.4 is 39.6 Å². The summed E-state index contributed by atoms with van der Waals surface area (Å²) in [4.78, 5) is 10.7. The van der Waals surface area contributed by atoms with Crippen molar-refractivity contribution in [1.29, 1.82) is 0 Å². The van der Waals surface area contributed by atoms with Gasteiger partial charge in [0.05, 0.1) is 5.69 Å². The van der Waals surface area contributed by atoms with Gasteiger partial charge in [-0.2, -0.15) is 8.42 Å². The van der Waals surface area contributed by atoms with Crippen molar-refractivity contribution >= 4 is 27.6 Å². The Kier molecular flexibility index (Phi) is 11.1. The number of hydrogen-bond donors (Lipinski definition) is 4. The monoisotopic (exact) mass is 299 g/mol. The molecule has 0 aromatic heterocycles. The second kappa shape index (κ2) is 10.2. The SMILES string of the molecule is CC(=O)Nc1ccc(NS(=O)(=O)O)cc1.CCO.[Na+]. The second-order valence-corrected chi connectivity index (χ2v) is 4.31. The Morgan fingerprint density at radius 3 is 1.89 bits per heavy atom. The van der Waals surface area contributed by atoms with Gasteiger partial charge in [0, 0.05) is 19.2 Å². The van der Waals surface area contributed by atoms with Crippen molar-refractivity contribution in [3.8, 4) is 0 Å². The maximum Gasteiger partial charge on any atom is 1.00 e. The van der Waals surface area contributed by atoms with E-state index in [-0.39, 0.29) is 47.8 Å². The molecule has 0 atom stereocenters. The largest absolute Gasteiger partial charge is 1.00 e. The average molecular weight is 299 g/mol. The van der Waals surface area contributed by atoms with Crippen molar-refractivity contribution in [2.75, 3.05) is 16.6 Å². The van der Waals surface area contributed by atoms with Gasteiger partial charge in [0.15, 0.2) is 0 Å². The van der Waals surface area contributed by atoms with Gasteiger partial charge in [-0.15, -0.1) is 0 Å². The van der Waals surface area contributed by atoms with Crippen LogP contribution in [-0.4, -0.2) is 30.6 Å². The topological polar surface area (TPSA) is 116 Å². The predicted octanol–water partition coefficient (Wildman–Crippen LogP) is -2.14. The van der Waals surface area contributed by atoms with E-state index in [0.717, 1.165) is 0 Å². The first-order valence-electron chi connectivity index (χ1n) is 5.02. The van der Waals surface area contributed by atoms with Gasteiger partial charge in [-0.25, -0.2) is 0 Å². The van der Waals surface area contributed by atoms with E-state index in [0.29, 0.717) is 5.69 Å². The zero-order chi connectivity index (χ0) is 14.2. The standard InChI is InChI=1S/C8H10N2O4S.C2H6O.Na/c1-6(11)9-7-2-4-8(5-3-7)10-15(12,13)14;1-2-3;/h2-5,10H,1H3,(H,9,11)(H,12,13,14);3H,2H2,1H3;/q;;+1. The van der Waals surface area contributed by atoms with Crippen LogP contribution in [0.2, 0.25) is 0 Å². The molecule has 1 rings (SSSR count). The molecule has 0 aliphatic carbocycles. The van der Waals surface area contributed by atoms with Gasteiger partial charge in [-0.1, -0.05) is 0 Å². The van der Waals surface area contributed by atoms with Crippen LogP contribution in [0.25, 0.3) is 0 Å². The Hall–Kier alpha value is -0.640. The van der Waals surface area contributed by atoms with Gasteiger partial charge in [-0.3, -0.25) is 14.1 Å². The fourth-order valence-corrected chi connectivity index (χ4v) is 1.41. The van der Waals surface area contributed by atoms with E-state index in [1.54, 1.807) is 6.92 Å². The minimum Gasteiger partial charge on any atom is -0.397 e. The summed E-state index contributed by atoms with van der Waals surface area (Å²) >= 11 is 0. The molecule has 1 amide bonds. The first-order valence-corrected chi connectivity index (χ1v) is 6.46. The first-order chi connectivity index (χ1) is 8.28. The summed E-state index contributed by atoms with van der Waals surface area (Å²) in [5.41, 5.74) is 0.759. The predicted molar refractivity (Wildman–Crippen MR) is 68.7 cm³/mol. The summed E-state index contributed by atoms with van der Waals surface area (Å²) in [5.74, 6) is -0.217. The number of carbonyl (C=O) groups is 1. The molecule has 102 valence electrons. The third kappa shape index (κ3) is 12.2. The van der Waals surface area contributed by atoms with E-state index in [1.807, 2.05) is 4.72 Å². The van der Waals surface area contributed by atoms with Crippen LogP contribution >= 0.6 is 0 Å². The number of amides is 1. The molecule has 0 fully saturated rings. The maximum atomic E-state index is 10.7. The number of nitrogens with one attached hydrogen (secondary N) is 2. The van der Waals surface area contributed by atoms with Crippen LogP contribution in [0.3, 0.4) is 0 Å². The maximum absolute atomic E-state index is 10.7. The number of aliphatic hydroxyl groups is 1. The van der Waals surface area contributed by atoms with Crippen molar-refractivity contribution in [2.45, 2.75) is 13.8 Å². The molecule has 0 spiro atoms. The van der Waals surface area contributed by atoms with Gasteiger partial charge in [0.1, 0.15) is 0 Å². The summed E-state index contributed by atoms with van der Waals surface area (Å²) in [7, 11) is -4.25. The van der Waals surface area contributed by atoms with E-state index in [1.165, 1.54) is 31.2 Å². The molecule has 0 saturated carbocycles. The zero-order valence-electron chi connectivity index (χ0n) is 11.0. The van der Waals surface area contributed by atoms with Crippen molar-refractivity contribution in [1.82, 2.24) is 0 Å². The van der Waals surface area contributed by atoms with Crippen LogP contribution in [0.1, 0.15) is 13.8 Å². The molecule has 7 nitrogen and oxygen atoms in total. The van der Waals surface area contributed by atoms with Crippen LogP contribution in [0.5, 0.6) is 0 Å². The van der Waals surface area contributed by atoms with Crippen molar-refractivity contribution in [3.05, 3.63) is 24.3 Å². The Balaban J connectivity index is 0. The number of anilines is 2. The Labute approximate surface area is 134 Å². The number of carbonyl (C=O) groups excluding carboxylic acids is 1. The second-order valence-electron chi connectivity index (χ2n) is 3.15. The normalized spacial score (nSPS) is 9.47. The smallest absolute Gasteiger partial charge is 0.397 e.